The van der Waals surface area contributed by atoms with E-state index in [4.69, 9.17) is 11.5 Å². The van der Waals surface area contributed by atoms with E-state index in [1.54, 1.807) is 12.1 Å². The van der Waals surface area contributed by atoms with E-state index in [0.717, 1.165) is 64.6 Å². The number of hydrogen-bond acceptors (Lipinski definition) is 5. The molecule has 0 spiro atoms. The van der Waals surface area contributed by atoms with Crippen LogP contribution in [0.5, 0.6) is 17.2 Å². The summed E-state index contributed by atoms with van der Waals surface area (Å²) in [6, 6.07) is 15.4. The summed E-state index contributed by atoms with van der Waals surface area (Å²) in [6.45, 7) is 0.599. The van der Waals surface area contributed by atoms with Gasteiger partial charge in [-0.25, -0.2) is 0 Å². The lowest BCUT2D eigenvalue weighted by atomic mass is 9.75. The lowest BCUT2D eigenvalue weighted by Crippen LogP contribution is -2.16. The molecule has 5 nitrogen and oxygen atoms in total. The number of phenols is 3. The molecule has 5 rings (SSSR count). The van der Waals surface area contributed by atoms with Crippen molar-refractivity contribution < 1.29 is 15.3 Å². The minimum atomic E-state index is -0.196. The van der Waals surface area contributed by atoms with E-state index in [1.165, 1.54) is 38.5 Å². The molecule has 38 heavy (non-hydrogen) atoms. The predicted octanol–water partition coefficient (Wildman–Crippen LogP) is 7.00. The van der Waals surface area contributed by atoms with Crippen LogP contribution in [0.15, 0.2) is 48.5 Å². The minimum Gasteiger partial charge on any atom is -0.508 e. The maximum atomic E-state index is 11.1. The first-order valence-electron chi connectivity index (χ1n) is 14.4. The monoisotopic (exact) mass is 514 g/mol. The Hall–Kier alpha value is -3.02. The standard InChI is InChI=1S/C33H42N2O3/c34-19-24-15-31(37)27(21-7-3-1-4-8-21)17-29(24)33(23-11-13-26(36)14-12-23)30-18-28(22-9-5-2-6-10-22)32(38)16-25(30)20-35/h11-18,21-22,33,36-38H,1-10,19-20,34-35H2. The lowest BCUT2D eigenvalue weighted by molar-refractivity contribution is 0.413. The van der Waals surface area contributed by atoms with Crippen molar-refractivity contribution in [3.05, 3.63) is 87.5 Å². The van der Waals surface area contributed by atoms with E-state index in [2.05, 4.69) is 12.1 Å². The van der Waals surface area contributed by atoms with Crippen LogP contribution in [0.1, 0.15) is 121 Å². The first-order valence-corrected chi connectivity index (χ1v) is 14.4. The Labute approximate surface area is 226 Å². The normalized spacial score (nSPS) is 17.2. The Kier molecular flexibility index (Phi) is 8.25. The van der Waals surface area contributed by atoms with Gasteiger partial charge in [0.1, 0.15) is 17.2 Å². The van der Waals surface area contributed by atoms with Gasteiger partial charge in [-0.1, -0.05) is 62.8 Å². The van der Waals surface area contributed by atoms with Crippen LogP contribution >= 0.6 is 0 Å². The molecule has 0 radical (unpaired) electrons. The Morgan fingerprint density at radius 1 is 0.605 bits per heavy atom. The third kappa shape index (κ3) is 5.41. The van der Waals surface area contributed by atoms with Gasteiger partial charge in [-0.15, -0.1) is 0 Å². The second kappa shape index (κ2) is 11.8. The highest BCUT2D eigenvalue weighted by Gasteiger charge is 2.29. The molecule has 2 fully saturated rings. The summed E-state index contributed by atoms with van der Waals surface area (Å²) in [5, 5.41) is 32.2. The van der Waals surface area contributed by atoms with Gasteiger partial charge in [0.15, 0.2) is 0 Å². The zero-order valence-corrected chi connectivity index (χ0v) is 22.3. The van der Waals surface area contributed by atoms with Crippen molar-refractivity contribution in [1.29, 1.82) is 0 Å². The van der Waals surface area contributed by atoms with Crippen LogP contribution in [0, 0.1) is 0 Å². The van der Waals surface area contributed by atoms with E-state index < -0.39 is 0 Å². The molecule has 7 N–H and O–H groups in total. The first kappa shape index (κ1) is 26.6. The van der Waals surface area contributed by atoms with Gasteiger partial charge in [-0.05, 0) is 101 Å². The molecule has 0 bridgehead atoms. The molecule has 3 aromatic carbocycles. The zero-order valence-electron chi connectivity index (χ0n) is 22.3. The summed E-state index contributed by atoms with van der Waals surface area (Å²) in [6.07, 6.45) is 11.5. The second-order valence-electron chi connectivity index (χ2n) is 11.3. The Morgan fingerprint density at radius 3 is 1.42 bits per heavy atom. The molecular weight excluding hydrogens is 472 g/mol. The first-order chi connectivity index (χ1) is 18.5. The van der Waals surface area contributed by atoms with E-state index in [9.17, 15) is 15.3 Å². The van der Waals surface area contributed by atoms with Gasteiger partial charge in [-0.3, -0.25) is 0 Å². The summed E-state index contributed by atoms with van der Waals surface area (Å²) in [5.74, 6) is 1.35. The lowest BCUT2D eigenvalue weighted by Gasteiger charge is -2.30. The molecule has 0 amide bonds. The maximum Gasteiger partial charge on any atom is 0.119 e. The summed E-state index contributed by atoms with van der Waals surface area (Å²) in [5.41, 5.74) is 19.5. The quantitative estimate of drug-likeness (QED) is 0.218. The van der Waals surface area contributed by atoms with Gasteiger partial charge in [0, 0.05) is 19.0 Å². The maximum absolute atomic E-state index is 11.1. The second-order valence-corrected chi connectivity index (χ2v) is 11.3. The fourth-order valence-corrected chi connectivity index (χ4v) is 6.90. The highest BCUT2D eigenvalue weighted by Crippen LogP contribution is 2.46. The fourth-order valence-electron chi connectivity index (χ4n) is 6.90. The fraction of sp³-hybridized carbons (Fsp3) is 0.455. The van der Waals surface area contributed by atoms with E-state index >= 15 is 0 Å². The van der Waals surface area contributed by atoms with Crippen LogP contribution in [-0.4, -0.2) is 15.3 Å². The summed E-state index contributed by atoms with van der Waals surface area (Å²) >= 11 is 0. The van der Waals surface area contributed by atoms with Gasteiger partial charge in [0.25, 0.3) is 0 Å². The van der Waals surface area contributed by atoms with Crippen molar-refractivity contribution in [2.45, 2.75) is 95.1 Å². The predicted molar refractivity (Wildman–Crippen MR) is 153 cm³/mol. The SMILES string of the molecule is NCc1cc(O)c(C2CCCCC2)cc1C(c1ccc(O)cc1)c1cc(C2CCCCC2)c(O)cc1CN. The largest absolute Gasteiger partial charge is 0.508 e. The van der Waals surface area contributed by atoms with Crippen molar-refractivity contribution in [3.63, 3.8) is 0 Å². The van der Waals surface area contributed by atoms with Gasteiger partial charge < -0.3 is 26.8 Å². The molecule has 0 aliphatic heterocycles. The summed E-state index contributed by atoms with van der Waals surface area (Å²) < 4.78 is 0. The van der Waals surface area contributed by atoms with Crippen molar-refractivity contribution in [2.24, 2.45) is 11.5 Å². The van der Waals surface area contributed by atoms with Crippen molar-refractivity contribution in [3.8, 4) is 17.2 Å². The molecule has 202 valence electrons. The smallest absolute Gasteiger partial charge is 0.119 e. The van der Waals surface area contributed by atoms with Crippen LogP contribution in [-0.2, 0) is 13.1 Å². The van der Waals surface area contributed by atoms with Crippen molar-refractivity contribution >= 4 is 0 Å². The Bertz CT molecular complexity index is 1170. The molecule has 0 unspecified atom stereocenters. The molecule has 0 atom stereocenters. The number of rotatable bonds is 7. The van der Waals surface area contributed by atoms with Crippen LogP contribution in [0.25, 0.3) is 0 Å². The average Bonchev–Trinajstić information content (AvgIpc) is 2.96. The molecule has 2 aliphatic carbocycles. The molecule has 3 aromatic rings. The molecule has 2 saturated carbocycles. The third-order valence-corrected chi connectivity index (χ3v) is 8.96. The highest BCUT2D eigenvalue weighted by atomic mass is 16.3. The third-order valence-electron chi connectivity index (χ3n) is 8.96. The summed E-state index contributed by atoms with van der Waals surface area (Å²) in [4.78, 5) is 0. The minimum absolute atomic E-state index is 0.196. The highest BCUT2D eigenvalue weighted by molar-refractivity contribution is 5.56. The van der Waals surface area contributed by atoms with E-state index in [-0.39, 0.29) is 11.7 Å². The topological polar surface area (TPSA) is 113 Å². The molecule has 2 aliphatic rings. The zero-order chi connectivity index (χ0) is 26.6. The van der Waals surface area contributed by atoms with E-state index in [0.29, 0.717) is 36.4 Å². The van der Waals surface area contributed by atoms with Crippen molar-refractivity contribution in [1.82, 2.24) is 0 Å². The average molecular weight is 515 g/mol. The summed E-state index contributed by atoms with van der Waals surface area (Å²) in [7, 11) is 0. The number of nitrogens with two attached hydrogens (primary N) is 2. The van der Waals surface area contributed by atoms with Crippen LogP contribution in [0.2, 0.25) is 0 Å². The molecule has 0 aromatic heterocycles. The van der Waals surface area contributed by atoms with Gasteiger partial charge in [0.2, 0.25) is 0 Å². The van der Waals surface area contributed by atoms with Gasteiger partial charge in [-0.2, -0.15) is 0 Å². The Balaban J connectivity index is 1.72. The molecule has 0 saturated heterocycles. The van der Waals surface area contributed by atoms with Crippen LogP contribution in [0.3, 0.4) is 0 Å². The number of phenolic OH excluding ortho intramolecular Hbond substituents is 3. The number of hydrogen-bond donors (Lipinski definition) is 5. The Morgan fingerprint density at radius 2 is 1.03 bits per heavy atom. The van der Waals surface area contributed by atoms with Gasteiger partial charge in [0.05, 0.1) is 0 Å². The molecular formula is C33H42N2O3. The van der Waals surface area contributed by atoms with Crippen LogP contribution in [0.4, 0.5) is 0 Å². The van der Waals surface area contributed by atoms with E-state index in [1.807, 2.05) is 24.3 Å². The number of aromatic hydroxyl groups is 3. The molecule has 0 heterocycles. The van der Waals surface area contributed by atoms with Gasteiger partial charge >= 0.3 is 0 Å². The molecule has 5 heteroatoms. The van der Waals surface area contributed by atoms with Crippen molar-refractivity contribution in [2.75, 3.05) is 0 Å². The van der Waals surface area contributed by atoms with Crippen LogP contribution < -0.4 is 11.5 Å². The number of benzene rings is 3.